The van der Waals surface area contributed by atoms with Crippen molar-refractivity contribution in [1.29, 1.82) is 0 Å². The van der Waals surface area contributed by atoms with Gasteiger partial charge in [0.15, 0.2) is 0 Å². The standard InChI is InChI=1S/C15H13Cl2NS/c16-10-5-6-12(17)13(8-10)19-14-7-9-3-1-2-4-11(9)15(14)18/h1-6,8,14-15H,7,18H2. The van der Waals surface area contributed by atoms with E-state index in [1.165, 1.54) is 11.1 Å². The zero-order valence-corrected chi connectivity index (χ0v) is 12.5. The maximum atomic E-state index is 6.33. The van der Waals surface area contributed by atoms with Gasteiger partial charge in [-0.15, -0.1) is 11.8 Å². The molecule has 0 radical (unpaired) electrons. The molecule has 1 aliphatic carbocycles. The minimum absolute atomic E-state index is 0.0521. The van der Waals surface area contributed by atoms with E-state index in [-0.39, 0.29) is 6.04 Å². The van der Waals surface area contributed by atoms with E-state index in [0.717, 1.165) is 16.3 Å². The summed E-state index contributed by atoms with van der Waals surface area (Å²) in [6.45, 7) is 0. The summed E-state index contributed by atoms with van der Waals surface area (Å²) in [5.41, 5.74) is 8.92. The molecule has 0 amide bonds. The zero-order chi connectivity index (χ0) is 13.4. The molecule has 0 aromatic heterocycles. The number of halogens is 2. The molecule has 19 heavy (non-hydrogen) atoms. The van der Waals surface area contributed by atoms with Gasteiger partial charge in [0.1, 0.15) is 0 Å². The van der Waals surface area contributed by atoms with Crippen molar-refractivity contribution in [2.45, 2.75) is 22.6 Å². The van der Waals surface area contributed by atoms with Crippen LogP contribution in [0.2, 0.25) is 10.0 Å². The van der Waals surface area contributed by atoms with Crippen LogP contribution in [0.4, 0.5) is 0 Å². The second kappa shape index (κ2) is 5.37. The molecule has 4 heteroatoms. The van der Waals surface area contributed by atoms with Crippen molar-refractivity contribution in [3.63, 3.8) is 0 Å². The van der Waals surface area contributed by atoms with Crippen molar-refractivity contribution < 1.29 is 0 Å². The van der Waals surface area contributed by atoms with Gasteiger partial charge in [-0.2, -0.15) is 0 Å². The van der Waals surface area contributed by atoms with Gasteiger partial charge in [-0.1, -0.05) is 47.5 Å². The predicted octanol–water partition coefficient (Wildman–Crippen LogP) is 4.71. The quantitative estimate of drug-likeness (QED) is 0.869. The van der Waals surface area contributed by atoms with Crippen molar-refractivity contribution in [2.24, 2.45) is 5.73 Å². The Morgan fingerprint density at radius 1 is 1.11 bits per heavy atom. The van der Waals surface area contributed by atoms with E-state index in [2.05, 4.69) is 18.2 Å². The average Bonchev–Trinajstić information content (AvgIpc) is 2.72. The van der Waals surface area contributed by atoms with Crippen LogP contribution in [0.1, 0.15) is 17.2 Å². The lowest BCUT2D eigenvalue weighted by Gasteiger charge is -2.16. The summed E-state index contributed by atoms with van der Waals surface area (Å²) in [6.07, 6.45) is 0.977. The Bertz CT molecular complexity index is 615. The van der Waals surface area contributed by atoms with Crippen molar-refractivity contribution in [1.82, 2.24) is 0 Å². The summed E-state index contributed by atoms with van der Waals surface area (Å²) in [6, 6.07) is 14.0. The molecule has 0 saturated carbocycles. The van der Waals surface area contributed by atoms with Crippen LogP contribution in [-0.4, -0.2) is 5.25 Å². The monoisotopic (exact) mass is 309 g/mol. The van der Waals surface area contributed by atoms with E-state index in [9.17, 15) is 0 Å². The van der Waals surface area contributed by atoms with Gasteiger partial charge < -0.3 is 5.73 Å². The molecule has 0 bridgehead atoms. The van der Waals surface area contributed by atoms with E-state index in [4.69, 9.17) is 28.9 Å². The summed E-state index contributed by atoms with van der Waals surface area (Å²) < 4.78 is 0. The molecule has 2 N–H and O–H groups in total. The molecule has 2 aromatic rings. The third-order valence-corrected chi connectivity index (χ3v) is 5.44. The highest BCUT2D eigenvalue weighted by molar-refractivity contribution is 8.00. The summed E-state index contributed by atoms with van der Waals surface area (Å²) in [5.74, 6) is 0. The fourth-order valence-electron chi connectivity index (χ4n) is 2.43. The number of nitrogens with two attached hydrogens (primary N) is 1. The van der Waals surface area contributed by atoms with Crippen LogP contribution in [0.3, 0.4) is 0 Å². The van der Waals surface area contributed by atoms with Crippen molar-refractivity contribution in [2.75, 3.05) is 0 Å². The Balaban J connectivity index is 1.85. The highest BCUT2D eigenvalue weighted by Gasteiger charge is 2.30. The predicted molar refractivity (Wildman–Crippen MR) is 83.2 cm³/mol. The minimum atomic E-state index is 0.0521. The van der Waals surface area contributed by atoms with Crippen molar-refractivity contribution >= 4 is 35.0 Å². The van der Waals surface area contributed by atoms with Crippen LogP contribution in [0.5, 0.6) is 0 Å². The molecule has 0 aliphatic heterocycles. The number of thioether (sulfide) groups is 1. The first-order chi connectivity index (χ1) is 9.15. The first kappa shape index (κ1) is 13.3. The Kier molecular flexibility index (Phi) is 3.77. The number of hydrogen-bond donors (Lipinski definition) is 1. The van der Waals surface area contributed by atoms with Crippen LogP contribution < -0.4 is 5.73 Å². The highest BCUT2D eigenvalue weighted by atomic mass is 35.5. The summed E-state index contributed by atoms with van der Waals surface area (Å²) >= 11 is 14.0. The van der Waals surface area contributed by atoms with Crippen LogP contribution in [0, 0.1) is 0 Å². The maximum absolute atomic E-state index is 6.33. The summed E-state index contributed by atoms with van der Waals surface area (Å²) in [7, 11) is 0. The Hall–Kier alpha value is -0.670. The Morgan fingerprint density at radius 2 is 1.89 bits per heavy atom. The second-order valence-corrected chi connectivity index (χ2v) is 6.78. The number of benzene rings is 2. The van der Waals surface area contributed by atoms with E-state index in [0.29, 0.717) is 10.3 Å². The Morgan fingerprint density at radius 3 is 2.68 bits per heavy atom. The SMILES string of the molecule is NC1c2ccccc2CC1Sc1cc(Cl)ccc1Cl. The average molecular weight is 310 g/mol. The largest absolute Gasteiger partial charge is 0.323 e. The lowest BCUT2D eigenvalue weighted by molar-refractivity contribution is 0.731. The smallest absolute Gasteiger partial charge is 0.0543 e. The van der Waals surface area contributed by atoms with Gasteiger partial charge in [0.2, 0.25) is 0 Å². The number of fused-ring (bicyclic) bond motifs is 1. The van der Waals surface area contributed by atoms with E-state index in [1.807, 2.05) is 18.2 Å². The molecule has 1 nitrogen and oxygen atoms in total. The lowest BCUT2D eigenvalue weighted by atomic mass is 10.1. The van der Waals surface area contributed by atoms with E-state index < -0.39 is 0 Å². The topological polar surface area (TPSA) is 26.0 Å². The fourth-order valence-corrected chi connectivity index (χ4v) is 4.18. The summed E-state index contributed by atoms with van der Waals surface area (Å²) in [4.78, 5) is 1.00. The van der Waals surface area contributed by atoms with Crippen LogP contribution >= 0.6 is 35.0 Å². The van der Waals surface area contributed by atoms with Crippen molar-refractivity contribution in [3.05, 3.63) is 63.6 Å². The van der Waals surface area contributed by atoms with Crippen molar-refractivity contribution in [3.8, 4) is 0 Å². The summed E-state index contributed by atoms with van der Waals surface area (Å²) in [5, 5.41) is 1.75. The molecular weight excluding hydrogens is 297 g/mol. The first-order valence-electron chi connectivity index (χ1n) is 6.10. The van der Waals surface area contributed by atoms with E-state index in [1.54, 1.807) is 17.8 Å². The second-order valence-electron chi connectivity index (χ2n) is 4.66. The van der Waals surface area contributed by atoms with Gasteiger partial charge in [-0.05, 0) is 35.7 Å². The molecule has 0 spiro atoms. The first-order valence-corrected chi connectivity index (χ1v) is 7.74. The van der Waals surface area contributed by atoms with Gasteiger partial charge >= 0.3 is 0 Å². The molecule has 98 valence electrons. The van der Waals surface area contributed by atoms with Gasteiger partial charge in [-0.3, -0.25) is 0 Å². The third kappa shape index (κ3) is 2.63. The molecule has 2 unspecified atom stereocenters. The maximum Gasteiger partial charge on any atom is 0.0543 e. The molecule has 0 heterocycles. The van der Waals surface area contributed by atoms with Gasteiger partial charge in [0.05, 0.1) is 5.02 Å². The number of rotatable bonds is 2. The Labute approximate surface area is 127 Å². The van der Waals surface area contributed by atoms with Crippen LogP contribution in [0.15, 0.2) is 47.4 Å². The lowest BCUT2D eigenvalue weighted by Crippen LogP contribution is -2.18. The van der Waals surface area contributed by atoms with Crippen LogP contribution in [-0.2, 0) is 6.42 Å². The van der Waals surface area contributed by atoms with E-state index >= 15 is 0 Å². The minimum Gasteiger partial charge on any atom is -0.323 e. The molecular formula is C15H13Cl2NS. The van der Waals surface area contributed by atoms with Gasteiger partial charge in [0, 0.05) is 21.2 Å². The molecule has 1 aliphatic rings. The molecule has 0 saturated heterocycles. The zero-order valence-electron chi connectivity index (χ0n) is 10.1. The highest BCUT2D eigenvalue weighted by Crippen LogP contribution is 2.42. The van der Waals surface area contributed by atoms with Crippen LogP contribution in [0.25, 0.3) is 0 Å². The molecule has 0 fully saturated rings. The van der Waals surface area contributed by atoms with Gasteiger partial charge in [-0.25, -0.2) is 0 Å². The molecule has 3 rings (SSSR count). The van der Waals surface area contributed by atoms with Gasteiger partial charge in [0.25, 0.3) is 0 Å². The third-order valence-electron chi connectivity index (χ3n) is 3.41. The number of hydrogen-bond acceptors (Lipinski definition) is 2. The fraction of sp³-hybridized carbons (Fsp3) is 0.200. The molecule has 2 aromatic carbocycles. The molecule has 2 atom stereocenters. The normalized spacial score (nSPS) is 21.4.